The molecule has 0 aliphatic carbocycles. The molecule has 1 aliphatic rings. The summed E-state index contributed by atoms with van der Waals surface area (Å²) in [6.07, 6.45) is 4.75. The van der Waals surface area contributed by atoms with Crippen LogP contribution in [0.1, 0.15) is 53.4 Å². The Morgan fingerprint density at radius 3 is 2.20 bits per heavy atom. The van der Waals surface area contributed by atoms with E-state index in [9.17, 15) is 0 Å². The molecule has 0 N–H and O–H groups in total. The maximum Gasteiger partial charge on any atom is 0.160 e. The van der Waals surface area contributed by atoms with Gasteiger partial charge in [0.15, 0.2) is 6.29 Å². The molecular formula is C13H26O2. The van der Waals surface area contributed by atoms with Crippen molar-refractivity contribution in [1.82, 2.24) is 0 Å². The van der Waals surface area contributed by atoms with Gasteiger partial charge in [-0.2, -0.15) is 0 Å². The first-order valence-corrected chi connectivity index (χ1v) is 6.40. The topological polar surface area (TPSA) is 18.5 Å². The van der Waals surface area contributed by atoms with Gasteiger partial charge >= 0.3 is 0 Å². The molecule has 1 saturated heterocycles. The third-order valence-electron chi connectivity index (χ3n) is 3.75. The van der Waals surface area contributed by atoms with Crippen molar-refractivity contribution in [3.63, 3.8) is 0 Å². The second-order valence-electron chi connectivity index (χ2n) is 4.98. The summed E-state index contributed by atoms with van der Waals surface area (Å²) in [6.45, 7) is 10.6. The van der Waals surface area contributed by atoms with Crippen LogP contribution < -0.4 is 0 Å². The number of rotatable bonds is 5. The third kappa shape index (κ3) is 3.18. The van der Waals surface area contributed by atoms with Gasteiger partial charge in [0.25, 0.3) is 0 Å². The zero-order chi connectivity index (χ0) is 11.3. The first-order valence-electron chi connectivity index (χ1n) is 6.40. The summed E-state index contributed by atoms with van der Waals surface area (Å²) in [6, 6.07) is 0. The Balaban J connectivity index is 2.45. The van der Waals surface area contributed by atoms with Crippen molar-refractivity contribution in [2.24, 2.45) is 11.3 Å². The van der Waals surface area contributed by atoms with Crippen molar-refractivity contribution >= 4 is 0 Å². The molecule has 0 aromatic carbocycles. The van der Waals surface area contributed by atoms with E-state index in [1.165, 1.54) is 12.8 Å². The van der Waals surface area contributed by atoms with Crippen LogP contribution in [0.4, 0.5) is 0 Å². The van der Waals surface area contributed by atoms with Crippen LogP contribution in [-0.2, 0) is 9.47 Å². The molecule has 90 valence electrons. The molecule has 0 saturated carbocycles. The fourth-order valence-corrected chi connectivity index (χ4v) is 2.18. The second-order valence-corrected chi connectivity index (χ2v) is 4.98. The normalized spacial score (nSPS) is 34.0. The standard InChI is InChI=1S/C13H26O2/c1-5-8-13(7-3)9-14-12(15-10-13)11(4)6-2/h11-12H,5-10H2,1-4H3. The monoisotopic (exact) mass is 214 g/mol. The lowest BCUT2D eigenvalue weighted by Gasteiger charge is -2.41. The smallest absolute Gasteiger partial charge is 0.160 e. The lowest BCUT2D eigenvalue weighted by molar-refractivity contribution is -0.250. The summed E-state index contributed by atoms with van der Waals surface area (Å²) in [5.74, 6) is 0.515. The Hall–Kier alpha value is -0.0800. The summed E-state index contributed by atoms with van der Waals surface area (Å²) in [7, 11) is 0. The quantitative estimate of drug-likeness (QED) is 0.696. The fraction of sp³-hybridized carbons (Fsp3) is 1.00. The largest absolute Gasteiger partial charge is 0.352 e. The Kier molecular flexibility index (Phi) is 5.07. The predicted molar refractivity (Wildman–Crippen MR) is 62.8 cm³/mol. The molecule has 1 atom stereocenters. The molecule has 2 heteroatoms. The lowest BCUT2D eigenvalue weighted by atomic mass is 9.81. The Morgan fingerprint density at radius 1 is 1.20 bits per heavy atom. The van der Waals surface area contributed by atoms with Gasteiger partial charge in [0.2, 0.25) is 0 Å². The van der Waals surface area contributed by atoms with Gasteiger partial charge in [-0.15, -0.1) is 0 Å². The molecule has 0 bridgehead atoms. The minimum Gasteiger partial charge on any atom is -0.352 e. The predicted octanol–water partition coefficient (Wildman–Crippen LogP) is 3.60. The van der Waals surface area contributed by atoms with Crippen LogP contribution in [0.15, 0.2) is 0 Å². The van der Waals surface area contributed by atoms with Crippen LogP contribution in [0, 0.1) is 11.3 Å². The van der Waals surface area contributed by atoms with Crippen LogP contribution in [0.25, 0.3) is 0 Å². The molecule has 1 unspecified atom stereocenters. The van der Waals surface area contributed by atoms with Gasteiger partial charge < -0.3 is 9.47 Å². The molecular weight excluding hydrogens is 188 g/mol. The van der Waals surface area contributed by atoms with E-state index in [1.54, 1.807) is 0 Å². The third-order valence-corrected chi connectivity index (χ3v) is 3.75. The molecule has 0 aromatic rings. The van der Waals surface area contributed by atoms with E-state index in [4.69, 9.17) is 9.47 Å². The average molecular weight is 214 g/mol. The van der Waals surface area contributed by atoms with Crippen LogP contribution in [0.2, 0.25) is 0 Å². The molecule has 15 heavy (non-hydrogen) atoms. The minimum absolute atomic E-state index is 0.0338. The van der Waals surface area contributed by atoms with Gasteiger partial charge in [0, 0.05) is 11.3 Å². The van der Waals surface area contributed by atoms with E-state index in [0.29, 0.717) is 11.3 Å². The van der Waals surface area contributed by atoms with Crippen molar-refractivity contribution in [3.8, 4) is 0 Å². The highest BCUT2D eigenvalue weighted by Crippen LogP contribution is 2.34. The fourth-order valence-electron chi connectivity index (χ4n) is 2.18. The summed E-state index contributed by atoms with van der Waals surface area (Å²) < 4.78 is 11.7. The molecule has 1 aliphatic heterocycles. The number of hydrogen-bond donors (Lipinski definition) is 0. The van der Waals surface area contributed by atoms with E-state index in [-0.39, 0.29) is 6.29 Å². The molecule has 0 spiro atoms. The van der Waals surface area contributed by atoms with Gasteiger partial charge in [-0.05, 0) is 19.3 Å². The van der Waals surface area contributed by atoms with E-state index in [1.807, 2.05) is 0 Å². The number of hydrogen-bond acceptors (Lipinski definition) is 2. The van der Waals surface area contributed by atoms with Gasteiger partial charge in [-0.3, -0.25) is 0 Å². The Bertz CT molecular complexity index is 171. The van der Waals surface area contributed by atoms with Crippen LogP contribution in [0.3, 0.4) is 0 Å². The molecule has 1 fully saturated rings. The Morgan fingerprint density at radius 2 is 1.80 bits per heavy atom. The number of ether oxygens (including phenoxy) is 2. The molecule has 2 nitrogen and oxygen atoms in total. The van der Waals surface area contributed by atoms with Crippen molar-refractivity contribution < 1.29 is 9.47 Å². The molecule has 1 heterocycles. The van der Waals surface area contributed by atoms with Gasteiger partial charge in [-0.1, -0.05) is 34.1 Å². The second kappa shape index (κ2) is 5.86. The zero-order valence-electron chi connectivity index (χ0n) is 10.7. The zero-order valence-corrected chi connectivity index (χ0v) is 10.7. The van der Waals surface area contributed by atoms with Gasteiger partial charge in [0.1, 0.15) is 0 Å². The van der Waals surface area contributed by atoms with Crippen molar-refractivity contribution in [3.05, 3.63) is 0 Å². The van der Waals surface area contributed by atoms with Crippen molar-refractivity contribution in [1.29, 1.82) is 0 Å². The lowest BCUT2D eigenvalue weighted by Crippen LogP contribution is -2.43. The summed E-state index contributed by atoms with van der Waals surface area (Å²) in [5.41, 5.74) is 0.290. The van der Waals surface area contributed by atoms with E-state index >= 15 is 0 Å². The SMILES string of the molecule is CCCC1(CC)COC(C(C)CC)OC1. The Labute approximate surface area is 94.3 Å². The molecule has 0 aromatic heterocycles. The molecule has 1 rings (SSSR count). The summed E-state index contributed by atoms with van der Waals surface area (Å²) >= 11 is 0. The van der Waals surface area contributed by atoms with Gasteiger partial charge in [-0.25, -0.2) is 0 Å². The molecule has 0 amide bonds. The van der Waals surface area contributed by atoms with Gasteiger partial charge in [0.05, 0.1) is 13.2 Å². The van der Waals surface area contributed by atoms with E-state index in [0.717, 1.165) is 26.1 Å². The highest BCUT2D eigenvalue weighted by molar-refractivity contribution is 4.80. The highest BCUT2D eigenvalue weighted by atomic mass is 16.7. The van der Waals surface area contributed by atoms with E-state index < -0.39 is 0 Å². The highest BCUT2D eigenvalue weighted by Gasteiger charge is 2.35. The van der Waals surface area contributed by atoms with Crippen LogP contribution in [0.5, 0.6) is 0 Å². The van der Waals surface area contributed by atoms with Crippen LogP contribution in [-0.4, -0.2) is 19.5 Å². The minimum atomic E-state index is 0.0338. The first kappa shape index (κ1) is 13.0. The van der Waals surface area contributed by atoms with Crippen molar-refractivity contribution in [2.75, 3.05) is 13.2 Å². The first-order chi connectivity index (χ1) is 7.17. The summed E-state index contributed by atoms with van der Waals surface area (Å²) in [5, 5.41) is 0. The summed E-state index contributed by atoms with van der Waals surface area (Å²) in [4.78, 5) is 0. The van der Waals surface area contributed by atoms with Crippen molar-refractivity contribution in [2.45, 2.75) is 59.7 Å². The van der Waals surface area contributed by atoms with E-state index in [2.05, 4.69) is 27.7 Å². The van der Waals surface area contributed by atoms with Crippen LogP contribution >= 0.6 is 0 Å². The maximum absolute atomic E-state index is 5.87. The molecule has 0 radical (unpaired) electrons. The average Bonchev–Trinajstić information content (AvgIpc) is 2.29. The maximum atomic E-state index is 5.87.